The average Bonchev–Trinajstić information content (AvgIpc) is 2.50. The van der Waals surface area contributed by atoms with Gasteiger partial charge in [0.2, 0.25) is 0 Å². The average molecular weight is 277 g/mol. The Balaban J connectivity index is 2.54. The summed E-state index contributed by atoms with van der Waals surface area (Å²) in [6.07, 6.45) is 0.900. The number of benzene rings is 1. The summed E-state index contributed by atoms with van der Waals surface area (Å²) in [4.78, 5) is 23.3. The quantitative estimate of drug-likeness (QED) is 0.640. The van der Waals surface area contributed by atoms with Gasteiger partial charge in [-0.15, -0.1) is 6.58 Å². The summed E-state index contributed by atoms with van der Waals surface area (Å²) in [6.45, 7) is 5.50. The molecule has 0 saturated carbocycles. The second-order valence-electron chi connectivity index (χ2n) is 4.30. The van der Waals surface area contributed by atoms with Gasteiger partial charge < -0.3 is 14.8 Å². The molecule has 0 aliphatic rings. The van der Waals surface area contributed by atoms with E-state index < -0.39 is 18.1 Å². The molecule has 5 nitrogen and oxygen atoms in total. The third-order valence-corrected chi connectivity index (χ3v) is 2.84. The number of nitrogens with one attached hydrogen (secondary N) is 1. The SMILES string of the molecule is C=C[C@H](C)[C@@H](NC(=O)OCc1ccccc1)C(=O)OC. The van der Waals surface area contributed by atoms with Crippen LogP contribution in [-0.2, 0) is 20.9 Å². The maximum atomic E-state index is 11.7. The first-order valence-corrected chi connectivity index (χ1v) is 6.26. The Labute approximate surface area is 118 Å². The molecule has 0 aromatic heterocycles. The first kappa shape index (κ1) is 15.8. The number of rotatable bonds is 6. The molecule has 20 heavy (non-hydrogen) atoms. The van der Waals surface area contributed by atoms with Crippen molar-refractivity contribution in [2.45, 2.75) is 19.6 Å². The Bertz CT molecular complexity index is 458. The molecule has 0 fully saturated rings. The predicted molar refractivity (Wildman–Crippen MR) is 74.9 cm³/mol. The second-order valence-corrected chi connectivity index (χ2v) is 4.30. The summed E-state index contributed by atoms with van der Waals surface area (Å²) in [5.41, 5.74) is 0.869. The van der Waals surface area contributed by atoms with E-state index in [4.69, 9.17) is 4.74 Å². The van der Waals surface area contributed by atoms with Gasteiger partial charge in [-0.25, -0.2) is 9.59 Å². The minimum Gasteiger partial charge on any atom is -0.467 e. The third kappa shape index (κ3) is 4.76. The molecular formula is C15H19NO4. The lowest BCUT2D eigenvalue weighted by atomic mass is 10.0. The van der Waals surface area contributed by atoms with Gasteiger partial charge in [0.25, 0.3) is 0 Å². The van der Waals surface area contributed by atoms with E-state index in [0.29, 0.717) is 0 Å². The Morgan fingerprint density at radius 3 is 2.55 bits per heavy atom. The molecule has 0 aliphatic heterocycles. The van der Waals surface area contributed by atoms with Gasteiger partial charge in [0.1, 0.15) is 12.6 Å². The van der Waals surface area contributed by atoms with Crippen molar-refractivity contribution >= 4 is 12.1 Å². The number of ether oxygens (including phenoxy) is 2. The third-order valence-electron chi connectivity index (χ3n) is 2.84. The van der Waals surface area contributed by atoms with E-state index in [0.717, 1.165) is 5.56 Å². The monoisotopic (exact) mass is 277 g/mol. The molecule has 0 heterocycles. The standard InChI is InChI=1S/C15H19NO4/c1-4-11(2)13(14(17)19-3)16-15(18)20-10-12-8-6-5-7-9-12/h4-9,11,13H,1,10H2,2-3H3,(H,16,18)/t11-,13+/m0/s1. The molecule has 108 valence electrons. The van der Waals surface area contributed by atoms with E-state index in [1.807, 2.05) is 30.3 Å². The summed E-state index contributed by atoms with van der Waals surface area (Å²) < 4.78 is 9.70. The summed E-state index contributed by atoms with van der Waals surface area (Å²) in [5, 5.41) is 2.48. The van der Waals surface area contributed by atoms with Crippen molar-refractivity contribution in [2.24, 2.45) is 5.92 Å². The Morgan fingerprint density at radius 2 is 2.00 bits per heavy atom. The van der Waals surface area contributed by atoms with Crippen LogP contribution in [-0.4, -0.2) is 25.2 Å². The number of carbonyl (C=O) groups is 2. The van der Waals surface area contributed by atoms with Gasteiger partial charge in [-0.3, -0.25) is 0 Å². The van der Waals surface area contributed by atoms with Gasteiger partial charge >= 0.3 is 12.1 Å². The fraction of sp³-hybridized carbons (Fsp3) is 0.333. The zero-order valence-electron chi connectivity index (χ0n) is 11.7. The molecular weight excluding hydrogens is 258 g/mol. The first-order valence-electron chi connectivity index (χ1n) is 6.26. The number of esters is 1. The molecule has 0 radical (unpaired) electrons. The minimum atomic E-state index is -0.805. The lowest BCUT2D eigenvalue weighted by Gasteiger charge is -2.20. The topological polar surface area (TPSA) is 64.6 Å². The molecule has 0 spiro atoms. The summed E-state index contributed by atoms with van der Waals surface area (Å²) in [5.74, 6) is -0.791. The van der Waals surface area contributed by atoms with Crippen LogP contribution in [0.25, 0.3) is 0 Å². The highest BCUT2D eigenvalue weighted by atomic mass is 16.6. The van der Waals surface area contributed by atoms with E-state index in [2.05, 4.69) is 16.6 Å². The smallest absolute Gasteiger partial charge is 0.408 e. The number of hydrogen-bond acceptors (Lipinski definition) is 4. The Hall–Kier alpha value is -2.30. The van der Waals surface area contributed by atoms with Gasteiger partial charge in [-0.2, -0.15) is 0 Å². The maximum Gasteiger partial charge on any atom is 0.408 e. The van der Waals surface area contributed by atoms with Crippen LogP contribution < -0.4 is 5.32 Å². The van der Waals surface area contributed by atoms with Crippen molar-refractivity contribution in [2.75, 3.05) is 7.11 Å². The highest BCUT2D eigenvalue weighted by Gasteiger charge is 2.26. The molecule has 0 aliphatic carbocycles. The Morgan fingerprint density at radius 1 is 1.35 bits per heavy atom. The zero-order chi connectivity index (χ0) is 15.0. The number of amides is 1. The van der Waals surface area contributed by atoms with Gasteiger partial charge in [-0.05, 0) is 5.56 Å². The van der Waals surface area contributed by atoms with E-state index >= 15 is 0 Å². The van der Waals surface area contributed by atoms with Crippen LogP contribution in [0.4, 0.5) is 4.79 Å². The van der Waals surface area contributed by atoms with Crippen LogP contribution >= 0.6 is 0 Å². The second kappa shape index (κ2) is 7.99. The van der Waals surface area contributed by atoms with Crippen LogP contribution in [0.3, 0.4) is 0 Å². The van der Waals surface area contributed by atoms with Gasteiger partial charge in [0, 0.05) is 5.92 Å². The molecule has 0 unspecified atom stereocenters. The van der Waals surface area contributed by atoms with Gasteiger partial charge in [-0.1, -0.05) is 43.3 Å². The zero-order valence-corrected chi connectivity index (χ0v) is 11.7. The van der Waals surface area contributed by atoms with Crippen LogP contribution in [0.5, 0.6) is 0 Å². The largest absolute Gasteiger partial charge is 0.467 e. The number of carbonyl (C=O) groups excluding carboxylic acids is 2. The molecule has 0 bridgehead atoms. The van der Waals surface area contributed by atoms with E-state index in [1.165, 1.54) is 7.11 Å². The number of hydrogen-bond donors (Lipinski definition) is 1. The highest BCUT2D eigenvalue weighted by molar-refractivity contribution is 5.81. The van der Waals surface area contributed by atoms with Crippen molar-refractivity contribution in [3.8, 4) is 0 Å². The minimum absolute atomic E-state index is 0.142. The van der Waals surface area contributed by atoms with Crippen LogP contribution in [0.15, 0.2) is 43.0 Å². The van der Waals surface area contributed by atoms with Gasteiger partial charge in [0.15, 0.2) is 0 Å². The normalized spacial score (nSPS) is 12.9. The van der Waals surface area contributed by atoms with Crippen LogP contribution in [0.2, 0.25) is 0 Å². The predicted octanol–water partition coefficient (Wildman–Crippen LogP) is 2.28. The summed E-state index contributed by atoms with van der Waals surface area (Å²) in [6, 6.07) is 8.47. The van der Waals surface area contributed by atoms with Crippen molar-refractivity contribution < 1.29 is 19.1 Å². The van der Waals surface area contributed by atoms with Gasteiger partial charge in [0.05, 0.1) is 7.11 Å². The number of alkyl carbamates (subject to hydrolysis) is 1. The molecule has 0 saturated heterocycles. The lowest BCUT2D eigenvalue weighted by molar-refractivity contribution is -0.143. The molecule has 1 N–H and O–H groups in total. The maximum absolute atomic E-state index is 11.7. The summed E-state index contributed by atoms with van der Waals surface area (Å²) in [7, 11) is 1.27. The van der Waals surface area contributed by atoms with E-state index in [9.17, 15) is 9.59 Å². The summed E-state index contributed by atoms with van der Waals surface area (Å²) >= 11 is 0. The van der Waals surface area contributed by atoms with Crippen LogP contribution in [0, 0.1) is 5.92 Å². The van der Waals surface area contributed by atoms with Crippen molar-refractivity contribution in [3.05, 3.63) is 48.6 Å². The van der Waals surface area contributed by atoms with Crippen molar-refractivity contribution in [1.29, 1.82) is 0 Å². The molecule has 1 aromatic carbocycles. The lowest BCUT2D eigenvalue weighted by Crippen LogP contribution is -2.45. The van der Waals surface area contributed by atoms with Crippen molar-refractivity contribution in [1.82, 2.24) is 5.32 Å². The number of methoxy groups -OCH3 is 1. The molecule has 5 heteroatoms. The first-order chi connectivity index (χ1) is 9.58. The van der Waals surface area contributed by atoms with E-state index in [-0.39, 0.29) is 12.5 Å². The highest BCUT2D eigenvalue weighted by Crippen LogP contribution is 2.07. The fourth-order valence-corrected chi connectivity index (χ4v) is 1.56. The van der Waals surface area contributed by atoms with Crippen molar-refractivity contribution in [3.63, 3.8) is 0 Å². The van der Waals surface area contributed by atoms with E-state index in [1.54, 1.807) is 13.0 Å². The fourth-order valence-electron chi connectivity index (χ4n) is 1.56. The molecule has 1 rings (SSSR count). The van der Waals surface area contributed by atoms with Crippen LogP contribution in [0.1, 0.15) is 12.5 Å². The molecule has 1 aromatic rings. The Kier molecular flexibility index (Phi) is 6.29. The molecule has 2 atom stereocenters. The molecule has 1 amide bonds.